The van der Waals surface area contributed by atoms with Gasteiger partial charge in [0.05, 0.1) is 16.3 Å². The van der Waals surface area contributed by atoms with Gasteiger partial charge in [-0.1, -0.05) is 0 Å². The van der Waals surface area contributed by atoms with E-state index in [1.165, 1.54) is 17.4 Å². The van der Waals surface area contributed by atoms with Crippen LogP contribution in [0.4, 0.5) is 9.39 Å². The largest absolute Gasteiger partial charge is 0.494 e. The molecule has 2 N–H and O–H groups in total. The number of hydrogen-bond acceptors (Lipinski definition) is 3. The first-order chi connectivity index (χ1) is 6.70. The Morgan fingerprint density at radius 2 is 2.21 bits per heavy atom. The van der Waals surface area contributed by atoms with Crippen molar-refractivity contribution in [2.75, 3.05) is 12.3 Å². The minimum Gasteiger partial charge on any atom is -0.494 e. The molecule has 1 heterocycles. The molecule has 0 atom stereocenters. The normalized spacial score (nSPS) is 10.7. The number of anilines is 1. The van der Waals surface area contributed by atoms with E-state index in [0.717, 1.165) is 5.39 Å². The van der Waals surface area contributed by atoms with Gasteiger partial charge in [-0.2, -0.15) is 0 Å². The average molecular weight is 211 g/mol. The number of rotatable bonds is 2. The Balaban J connectivity index is 2.59. The van der Waals surface area contributed by atoms with E-state index in [1.54, 1.807) is 12.1 Å². The second-order valence-electron chi connectivity index (χ2n) is 2.91. The van der Waals surface area contributed by atoms with Crippen molar-refractivity contribution in [2.24, 2.45) is 0 Å². The van der Waals surface area contributed by atoms with Gasteiger partial charge in [-0.15, -0.1) is 11.3 Å². The van der Waals surface area contributed by atoms with Crippen LogP contribution in [-0.4, -0.2) is 6.61 Å². The van der Waals surface area contributed by atoms with Crippen LogP contribution < -0.4 is 10.5 Å². The number of nitrogen functional groups attached to an aromatic ring is 1. The molecular weight excluding hydrogens is 201 g/mol. The summed E-state index contributed by atoms with van der Waals surface area (Å²) in [4.78, 5) is 0. The van der Waals surface area contributed by atoms with Crippen LogP contribution in [0.15, 0.2) is 18.2 Å². The highest BCUT2D eigenvalue weighted by atomic mass is 32.1. The molecule has 74 valence electrons. The molecule has 0 bridgehead atoms. The first kappa shape index (κ1) is 9.27. The fraction of sp³-hybridized carbons (Fsp3) is 0.200. The molecule has 0 saturated heterocycles. The molecule has 2 aromatic rings. The highest BCUT2D eigenvalue weighted by molar-refractivity contribution is 7.22. The summed E-state index contributed by atoms with van der Waals surface area (Å²) in [5.41, 5.74) is 5.59. The lowest BCUT2D eigenvalue weighted by atomic mass is 10.2. The number of hydrogen-bond donors (Lipinski definition) is 1. The highest BCUT2D eigenvalue weighted by Crippen LogP contribution is 2.32. The van der Waals surface area contributed by atoms with E-state index < -0.39 is 0 Å². The third-order valence-corrected chi connectivity index (χ3v) is 2.86. The van der Waals surface area contributed by atoms with Gasteiger partial charge in [0.1, 0.15) is 11.6 Å². The van der Waals surface area contributed by atoms with Crippen LogP contribution in [0.25, 0.3) is 10.1 Å². The van der Waals surface area contributed by atoms with Crippen molar-refractivity contribution in [3.63, 3.8) is 0 Å². The second-order valence-corrected chi connectivity index (χ2v) is 3.99. The highest BCUT2D eigenvalue weighted by Gasteiger charge is 2.07. The molecule has 0 aliphatic rings. The van der Waals surface area contributed by atoms with Crippen molar-refractivity contribution in [2.45, 2.75) is 6.92 Å². The van der Waals surface area contributed by atoms with Crippen molar-refractivity contribution in [1.82, 2.24) is 0 Å². The van der Waals surface area contributed by atoms with Gasteiger partial charge in [0.15, 0.2) is 0 Å². The van der Waals surface area contributed by atoms with Crippen molar-refractivity contribution in [1.29, 1.82) is 0 Å². The standard InChI is InChI=1S/C10H10FNOS/c1-2-13-7-3-6-4-9(12)14-10(6)8(11)5-7/h3-5H,2,12H2,1H3. The van der Waals surface area contributed by atoms with Gasteiger partial charge in [0, 0.05) is 11.5 Å². The maximum absolute atomic E-state index is 13.5. The number of fused-ring (bicyclic) bond motifs is 1. The zero-order valence-electron chi connectivity index (χ0n) is 7.71. The molecule has 1 aromatic carbocycles. The summed E-state index contributed by atoms with van der Waals surface area (Å²) in [5, 5.41) is 1.42. The smallest absolute Gasteiger partial charge is 0.144 e. The number of halogens is 1. The Bertz CT molecular complexity index is 466. The van der Waals surface area contributed by atoms with Gasteiger partial charge in [-0.05, 0) is 19.1 Å². The summed E-state index contributed by atoms with van der Waals surface area (Å²) in [6.07, 6.45) is 0. The number of nitrogens with two attached hydrogens (primary N) is 1. The molecule has 0 amide bonds. The van der Waals surface area contributed by atoms with E-state index in [0.29, 0.717) is 22.1 Å². The third kappa shape index (κ3) is 1.53. The van der Waals surface area contributed by atoms with Crippen molar-refractivity contribution in [3.05, 3.63) is 24.0 Å². The zero-order chi connectivity index (χ0) is 10.1. The van der Waals surface area contributed by atoms with Crippen LogP contribution in [-0.2, 0) is 0 Å². The second kappa shape index (κ2) is 3.46. The van der Waals surface area contributed by atoms with Crippen molar-refractivity contribution in [3.8, 4) is 5.75 Å². The molecule has 14 heavy (non-hydrogen) atoms. The molecule has 0 radical (unpaired) electrons. The van der Waals surface area contributed by atoms with Gasteiger partial charge in [0.25, 0.3) is 0 Å². The van der Waals surface area contributed by atoms with Gasteiger partial charge in [-0.3, -0.25) is 0 Å². The SMILES string of the molecule is CCOc1cc(F)c2sc(N)cc2c1. The van der Waals surface area contributed by atoms with E-state index in [1.807, 2.05) is 6.92 Å². The van der Waals surface area contributed by atoms with Gasteiger partial charge in [-0.25, -0.2) is 4.39 Å². The Labute approximate surface area is 85.1 Å². The Hall–Kier alpha value is -1.29. The molecule has 0 spiro atoms. The average Bonchev–Trinajstić information content (AvgIpc) is 2.47. The van der Waals surface area contributed by atoms with Crippen LogP contribution >= 0.6 is 11.3 Å². The van der Waals surface area contributed by atoms with E-state index in [4.69, 9.17) is 10.5 Å². The minimum atomic E-state index is -0.271. The molecule has 1 aromatic heterocycles. The molecule has 4 heteroatoms. The molecule has 0 fully saturated rings. The van der Waals surface area contributed by atoms with E-state index in [-0.39, 0.29) is 5.82 Å². The van der Waals surface area contributed by atoms with Crippen LogP contribution in [0, 0.1) is 5.82 Å². The molecular formula is C10H10FNOS. The van der Waals surface area contributed by atoms with E-state index >= 15 is 0 Å². The van der Waals surface area contributed by atoms with Gasteiger partial charge in [0.2, 0.25) is 0 Å². The maximum Gasteiger partial charge on any atom is 0.144 e. The predicted molar refractivity (Wildman–Crippen MR) is 57.4 cm³/mol. The van der Waals surface area contributed by atoms with Crippen LogP contribution in [0.5, 0.6) is 5.75 Å². The van der Waals surface area contributed by atoms with Crippen LogP contribution in [0.3, 0.4) is 0 Å². The summed E-state index contributed by atoms with van der Waals surface area (Å²) in [6.45, 7) is 2.40. The fourth-order valence-corrected chi connectivity index (χ4v) is 2.17. The molecule has 0 aliphatic heterocycles. The van der Waals surface area contributed by atoms with Crippen LogP contribution in [0.1, 0.15) is 6.92 Å². The molecule has 0 aliphatic carbocycles. The molecule has 2 rings (SSSR count). The number of benzene rings is 1. The van der Waals surface area contributed by atoms with Crippen LogP contribution in [0.2, 0.25) is 0 Å². The predicted octanol–water partition coefficient (Wildman–Crippen LogP) is 3.02. The van der Waals surface area contributed by atoms with Gasteiger partial charge >= 0.3 is 0 Å². The Morgan fingerprint density at radius 1 is 1.43 bits per heavy atom. The van der Waals surface area contributed by atoms with E-state index in [2.05, 4.69) is 0 Å². The topological polar surface area (TPSA) is 35.2 Å². The molecule has 0 unspecified atom stereocenters. The number of thiophene rings is 1. The van der Waals surface area contributed by atoms with E-state index in [9.17, 15) is 4.39 Å². The lowest BCUT2D eigenvalue weighted by Crippen LogP contribution is -1.91. The summed E-state index contributed by atoms with van der Waals surface area (Å²) >= 11 is 1.25. The lowest BCUT2D eigenvalue weighted by Gasteiger charge is -2.02. The van der Waals surface area contributed by atoms with Crippen molar-refractivity contribution >= 4 is 26.4 Å². The first-order valence-corrected chi connectivity index (χ1v) is 5.13. The van der Waals surface area contributed by atoms with Crippen molar-refractivity contribution < 1.29 is 9.13 Å². The van der Waals surface area contributed by atoms with Gasteiger partial charge < -0.3 is 10.5 Å². The Kier molecular flexibility index (Phi) is 2.29. The quantitative estimate of drug-likeness (QED) is 0.828. The zero-order valence-corrected chi connectivity index (χ0v) is 8.53. The number of ether oxygens (including phenoxy) is 1. The summed E-state index contributed by atoms with van der Waals surface area (Å²) < 4.78 is 19.3. The third-order valence-electron chi connectivity index (χ3n) is 1.87. The monoisotopic (exact) mass is 211 g/mol. The lowest BCUT2D eigenvalue weighted by molar-refractivity contribution is 0.339. The maximum atomic E-state index is 13.5. The summed E-state index contributed by atoms with van der Waals surface area (Å²) in [5.74, 6) is 0.281. The fourth-order valence-electron chi connectivity index (χ4n) is 1.35. The Morgan fingerprint density at radius 3 is 2.93 bits per heavy atom. The molecule has 2 nitrogen and oxygen atoms in total. The summed E-state index contributed by atoms with van der Waals surface area (Å²) in [7, 11) is 0. The molecule has 0 saturated carbocycles. The minimum absolute atomic E-state index is 0.271. The summed E-state index contributed by atoms with van der Waals surface area (Å²) in [6, 6.07) is 4.95. The first-order valence-electron chi connectivity index (χ1n) is 4.32.